The van der Waals surface area contributed by atoms with Crippen molar-refractivity contribution >= 4 is 34.3 Å². The fourth-order valence-electron chi connectivity index (χ4n) is 2.76. The zero-order chi connectivity index (χ0) is 18.5. The maximum Gasteiger partial charge on any atom is 0.234 e. The average molecular weight is 370 g/mol. The Balaban J connectivity index is 1.63. The molecule has 3 aromatic rings. The number of anilines is 1. The minimum absolute atomic E-state index is 0.106. The van der Waals surface area contributed by atoms with Gasteiger partial charge in [-0.2, -0.15) is 0 Å². The van der Waals surface area contributed by atoms with E-state index in [0.29, 0.717) is 16.8 Å². The van der Waals surface area contributed by atoms with E-state index in [1.54, 1.807) is 6.07 Å². The van der Waals surface area contributed by atoms with Crippen LogP contribution in [0.4, 0.5) is 10.1 Å². The second kappa shape index (κ2) is 8.19. The Labute approximate surface area is 154 Å². The Kier molecular flexibility index (Phi) is 5.73. The molecule has 134 valence electrons. The van der Waals surface area contributed by atoms with Crippen LogP contribution in [0.5, 0.6) is 0 Å². The molecule has 1 heterocycles. The van der Waals surface area contributed by atoms with Gasteiger partial charge in [0.1, 0.15) is 5.82 Å². The molecule has 1 aromatic heterocycles. The third-order valence-electron chi connectivity index (χ3n) is 4.03. The van der Waals surface area contributed by atoms with Crippen molar-refractivity contribution in [2.45, 2.75) is 19.1 Å². The van der Waals surface area contributed by atoms with E-state index in [2.05, 4.69) is 10.3 Å². The zero-order valence-corrected chi connectivity index (χ0v) is 15.2. The second-order valence-corrected chi connectivity index (χ2v) is 6.86. The summed E-state index contributed by atoms with van der Waals surface area (Å²) in [6, 6.07) is 13.6. The number of H-pyrrole nitrogens is 1. The van der Waals surface area contributed by atoms with Crippen LogP contribution in [0.2, 0.25) is 0 Å². The van der Waals surface area contributed by atoms with Gasteiger partial charge in [0.2, 0.25) is 5.91 Å². The third-order valence-corrected chi connectivity index (χ3v) is 5.01. The number of pyridine rings is 1. The van der Waals surface area contributed by atoms with Gasteiger partial charge >= 0.3 is 0 Å². The van der Waals surface area contributed by atoms with Crippen LogP contribution < -0.4 is 10.7 Å². The van der Waals surface area contributed by atoms with E-state index in [1.165, 1.54) is 30.0 Å². The molecule has 0 atom stereocenters. The monoisotopic (exact) mass is 370 g/mol. The van der Waals surface area contributed by atoms with Crippen LogP contribution in [-0.2, 0) is 17.0 Å². The predicted molar refractivity (Wildman–Crippen MR) is 105 cm³/mol. The van der Waals surface area contributed by atoms with Crippen molar-refractivity contribution < 1.29 is 9.18 Å². The molecule has 0 radical (unpaired) electrons. The summed E-state index contributed by atoms with van der Waals surface area (Å²) in [5.41, 5.74) is 2.48. The standard InChI is InChI=1S/C20H19FN2O2S/c1-2-13-6-3-4-9-17(13)23-19(25)12-26-11-14-10-18(24)15-7-5-8-16(21)20(15)22-14/h3-10H,2,11-12H2,1H3,(H,22,24)(H,23,25). The van der Waals surface area contributed by atoms with Crippen molar-refractivity contribution in [3.05, 3.63) is 75.8 Å². The average Bonchev–Trinajstić information content (AvgIpc) is 2.63. The Morgan fingerprint density at radius 2 is 2.00 bits per heavy atom. The number of amides is 1. The number of aryl methyl sites for hydroxylation is 1. The molecule has 2 aromatic carbocycles. The maximum atomic E-state index is 13.9. The van der Waals surface area contributed by atoms with Gasteiger partial charge in [-0.15, -0.1) is 11.8 Å². The first-order valence-electron chi connectivity index (χ1n) is 8.34. The zero-order valence-electron chi connectivity index (χ0n) is 14.3. The van der Waals surface area contributed by atoms with Crippen LogP contribution in [0.25, 0.3) is 10.9 Å². The minimum atomic E-state index is -0.458. The van der Waals surface area contributed by atoms with Gasteiger partial charge in [0.15, 0.2) is 5.43 Å². The van der Waals surface area contributed by atoms with E-state index in [0.717, 1.165) is 17.7 Å². The summed E-state index contributed by atoms with van der Waals surface area (Å²) in [5.74, 6) is 0.100. The van der Waals surface area contributed by atoms with Crippen molar-refractivity contribution in [1.29, 1.82) is 0 Å². The first kappa shape index (κ1) is 18.2. The van der Waals surface area contributed by atoms with Crippen LogP contribution in [0.15, 0.2) is 53.3 Å². The molecule has 0 aliphatic rings. The van der Waals surface area contributed by atoms with Crippen molar-refractivity contribution in [3.8, 4) is 0 Å². The number of para-hydroxylation sites is 2. The van der Waals surface area contributed by atoms with E-state index >= 15 is 0 Å². The molecule has 0 aliphatic carbocycles. The molecule has 0 aliphatic heterocycles. The van der Waals surface area contributed by atoms with Gasteiger partial charge in [-0.1, -0.05) is 31.2 Å². The van der Waals surface area contributed by atoms with E-state index in [4.69, 9.17) is 0 Å². The Bertz CT molecular complexity index is 1000. The number of nitrogens with one attached hydrogen (secondary N) is 2. The predicted octanol–water partition coefficient (Wildman–Crippen LogP) is 4.10. The minimum Gasteiger partial charge on any atom is -0.355 e. The Morgan fingerprint density at radius 1 is 1.19 bits per heavy atom. The first-order valence-corrected chi connectivity index (χ1v) is 9.50. The molecule has 4 nitrogen and oxygen atoms in total. The highest BCUT2D eigenvalue weighted by Gasteiger charge is 2.09. The summed E-state index contributed by atoms with van der Waals surface area (Å²) >= 11 is 1.37. The number of thioether (sulfide) groups is 1. The van der Waals surface area contributed by atoms with Crippen LogP contribution in [0.3, 0.4) is 0 Å². The SMILES string of the molecule is CCc1ccccc1NC(=O)CSCc1cc(=O)c2cccc(F)c2[nH]1. The molecule has 0 fully saturated rings. The number of halogens is 1. The summed E-state index contributed by atoms with van der Waals surface area (Å²) < 4.78 is 13.9. The van der Waals surface area contributed by atoms with Crippen LogP contribution in [0.1, 0.15) is 18.2 Å². The Hall–Kier alpha value is -2.60. The molecule has 26 heavy (non-hydrogen) atoms. The number of carbonyl (C=O) groups excluding carboxylic acids is 1. The maximum absolute atomic E-state index is 13.9. The number of hydrogen-bond donors (Lipinski definition) is 2. The number of hydrogen-bond acceptors (Lipinski definition) is 3. The molecule has 0 spiro atoms. The summed E-state index contributed by atoms with van der Waals surface area (Å²) in [6.45, 7) is 2.04. The lowest BCUT2D eigenvalue weighted by Gasteiger charge is -2.09. The fraction of sp³-hybridized carbons (Fsp3) is 0.200. The summed E-state index contributed by atoms with van der Waals surface area (Å²) in [7, 11) is 0. The molecule has 0 bridgehead atoms. The molecule has 6 heteroatoms. The topological polar surface area (TPSA) is 62.0 Å². The third kappa shape index (κ3) is 4.14. The van der Waals surface area contributed by atoms with Crippen LogP contribution >= 0.6 is 11.8 Å². The van der Waals surface area contributed by atoms with Gasteiger partial charge in [-0.25, -0.2) is 4.39 Å². The quantitative estimate of drug-likeness (QED) is 0.687. The van der Waals surface area contributed by atoms with Crippen molar-refractivity contribution in [2.24, 2.45) is 0 Å². The lowest BCUT2D eigenvalue weighted by Crippen LogP contribution is -2.15. The van der Waals surface area contributed by atoms with Crippen molar-refractivity contribution in [3.63, 3.8) is 0 Å². The lowest BCUT2D eigenvalue weighted by atomic mass is 10.1. The molecule has 2 N–H and O–H groups in total. The van der Waals surface area contributed by atoms with Gasteiger partial charge in [0, 0.05) is 28.6 Å². The van der Waals surface area contributed by atoms with Crippen molar-refractivity contribution in [1.82, 2.24) is 4.98 Å². The number of aromatic amines is 1. The highest BCUT2D eigenvalue weighted by atomic mass is 32.2. The Morgan fingerprint density at radius 3 is 2.81 bits per heavy atom. The first-order chi connectivity index (χ1) is 12.6. The van der Waals surface area contributed by atoms with E-state index in [9.17, 15) is 14.0 Å². The van der Waals surface area contributed by atoms with Crippen LogP contribution in [-0.4, -0.2) is 16.6 Å². The highest BCUT2D eigenvalue weighted by Crippen LogP contribution is 2.18. The summed E-state index contributed by atoms with van der Waals surface area (Å²) in [4.78, 5) is 27.2. The largest absolute Gasteiger partial charge is 0.355 e. The summed E-state index contributed by atoms with van der Waals surface area (Å²) in [6.07, 6.45) is 0.841. The number of fused-ring (bicyclic) bond motifs is 1. The number of aromatic nitrogens is 1. The molecular formula is C20H19FN2O2S. The number of benzene rings is 2. The van der Waals surface area contributed by atoms with E-state index in [1.807, 2.05) is 31.2 Å². The van der Waals surface area contributed by atoms with Crippen molar-refractivity contribution in [2.75, 3.05) is 11.1 Å². The van der Waals surface area contributed by atoms with Crippen LogP contribution in [0, 0.1) is 5.82 Å². The van der Waals surface area contributed by atoms with Gasteiger partial charge in [-0.3, -0.25) is 9.59 Å². The number of rotatable bonds is 6. The molecular weight excluding hydrogens is 351 g/mol. The summed E-state index contributed by atoms with van der Waals surface area (Å²) in [5, 5.41) is 3.23. The highest BCUT2D eigenvalue weighted by molar-refractivity contribution is 7.99. The van der Waals surface area contributed by atoms with Gasteiger partial charge in [0.25, 0.3) is 0 Å². The lowest BCUT2D eigenvalue weighted by molar-refractivity contribution is -0.113. The fourth-order valence-corrected chi connectivity index (χ4v) is 3.49. The molecule has 0 unspecified atom stereocenters. The molecule has 3 rings (SSSR count). The molecule has 1 amide bonds. The van der Waals surface area contributed by atoms with Gasteiger partial charge in [0.05, 0.1) is 11.3 Å². The van der Waals surface area contributed by atoms with Gasteiger partial charge < -0.3 is 10.3 Å². The van der Waals surface area contributed by atoms with E-state index < -0.39 is 5.82 Å². The van der Waals surface area contributed by atoms with E-state index in [-0.39, 0.29) is 22.6 Å². The second-order valence-electron chi connectivity index (χ2n) is 5.87. The number of carbonyl (C=O) groups is 1. The van der Waals surface area contributed by atoms with Gasteiger partial charge in [-0.05, 0) is 30.2 Å². The molecule has 0 saturated carbocycles. The normalized spacial score (nSPS) is 10.8. The smallest absolute Gasteiger partial charge is 0.234 e. The molecule has 0 saturated heterocycles.